The van der Waals surface area contributed by atoms with Crippen molar-refractivity contribution in [2.75, 3.05) is 5.75 Å². The van der Waals surface area contributed by atoms with Gasteiger partial charge in [0, 0.05) is 23.4 Å². The number of nitrogens with zero attached hydrogens (tertiary/aromatic N) is 2. The molecule has 0 saturated heterocycles. The topological polar surface area (TPSA) is 98.1 Å². The molecule has 168 valence electrons. The number of benzene rings is 2. The van der Waals surface area contributed by atoms with Gasteiger partial charge in [-0.3, -0.25) is 4.68 Å². The summed E-state index contributed by atoms with van der Waals surface area (Å²) in [5, 5.41) is 5.70. The van der Waals surface area contributed by atoms with Crippen molar-refractivity contribution in [1.82, 2.24) is 14.5 Å². The maximum Gasteiger partial charge on any atom is 0.234 e. The Hall–Kier alpha value is -2.75. The van der Waals surface area contributed by atoms with Crippen LogP contribution in [0.1, 0.15) is 41.0 Å². The highest BCUT2D eigenvalue weighted by atomic mass is 32.2. The van der Waals surface area contributed by atoms with Crippen molar-refractivity contribution in [2.24, 2.45) is 0 Å². The van der Waals surface area contributed by atoms with E-state index in [0.29, 0.717) is 29.9 Å². The van der Waals surface area contributed by atoms with E-state index in [1.807, 2.05) is 60.7 Å². The summed E-state index contributed by atoms with van der Waals surface area (Å²) in [7, 11) is -7.01. The Balaban J connectivity index is 1.65. The Kier molecular flexibility index (Phi) is 6.32. The molecule has 0 fully saturated rings. The molecule has 0 saturated carbocycles. The molecular formula is C23H25N3O4S2. The lowest BCUT2D eigenvalue weighted by Crippen LogP contribution is -2.24. The number of rotatable bonds is 7. The molecule has 9 heteroatoms. The smallest absolute Gasteiger partial charge is 0.234 e. The fourth-order valence-electron chi connectivity index (χ4n) is 3.78. The highest BCUT2D eigenvalue weighted by molar-refractivity contribution is 7.92. The average molecular weight is 472 g/mol. The van der Waals surface area contributed by atoms with Gasteiger partial charge < -0.3 is 0 Å². The van der Waals surface area contributed by atoms with Crippen LogP contribution in [0.2, 0.25) is 0 Å². The van der Waals surface area contributed by atoms with Gasteiger partial charge in [-0.05, 0) is 24.1 Å². The van der Waals surface area contributed by atoms with E-state index in [0.717, 1.165) is 16.5 Å². The summed E-state index contributed by atoms with van der Waals surface area (Å²) in [6.07, 6.45) is 1.78. The van der Waals surface area contributed by atoms with Gasteiger partial charge in [-0.1, -0.05) is 60.7 Å². The molecule has 1 N–H and O–H groups in total. The molecule has 0 aliphatic carbocycles. The lowest BCUT2D eigenvalue weighted by molar-refractivity contribution is 0.576. The van der Waals surface area contributed by atoms with Crippen molar-refractivity contribution in [3.63, 3.8) is 0 Å². The van der Waals surface area contributed by atoms with E-state index in [4.69, 9.17) is 0 Å². The maximum absolute atomic E-state index is 12.7. The summed E-state index contributed by atoms with van der Waals surface area (Å²) in [5.41, 5.74) is 3.63. The first kappa shape index (κ1) is 22.4. The van der Waals surface area contributed by atoms with Gasteiger partial charge in [0.1, 0.15) is 0 Å². The number of nitrogens with one attached hydrogen (secondary N) is 1. The highest BCUT2D eigenvalue weighted by Gasteiger charge is 2.28. The minimum Gasteiger partial charge on any atom is -0.260 e. The summed E-state index contributed by atoms with van der Waals surface area (Å²) < 4.78 is 54.3. The number of sulfone groups is 1. The van der Waals surface area contributed by atoms with E-state index in [1.54, 1.807) is 11.6 Å². The molecule has 1 aliphatic rings. The summed E-state index contributed by atoms with van der Waals surface area (Å²) in [4.78, 5) is 0. The Morgan fingerprint density at radius 2 is 1.75 bits per heavy atom. The number of aromatic nitrogens is 2. The van der Waals surface area contributed by atoms with Crippen molar-refractivity contribution in [2.45, 2.75) is 31.7 Å². The summed E-state index contributed by atoms with van der Waals surface area (Å²) >= 11 is 0. The lowest BCUT2D eigenvalue weighted by atomic mass is 10.1. The van der Waals surface area contributed by atoms with Crippen molar-refractivity contribution in [1.29, 1.82) is 0 Å². The zero-order chi connectivity index (χ0) is 22.8. The minimum absolute atomic E-state index is 0.0555. The molecule has 32 heavy (non-hydrogen) atoms. The molecule has 7 nitrogen and oxygen atoms in total. The van der Waals surface area contributed by atoms with E-state index >= 15 is 0 Å². The molecular weight excluding hydrogens is 446 g/mol. The number of aryl methyl sites for hydroxylation is 1. The van der Waals surface area contributed by atoms with Gasteiger partial charge in [-0.2, -0.15) is 5.10 Å². The fourth-order valence-corrected chi connectivity index (χ4v) is 6.20. The lowest BCUT2D eigenvalue weighted by Gasteiger charge is -2.13. The Morgan fingerprint density at radius 3 is 2.44 bits per heavy atom. The zero-order valence-electron chi connectivity index (χ0n) is 17.7. The zero-order valence-corrected chi connectivity index (χ0v) is 19.3. The van der Waals surface area contributed by atoms with Crippen LogP contribution in [-0.4, -0.2) is 32.4 Å². The second-order valence-corrected chi connectivity index (χ2v) is 11.7. The third kappa shape index (κ3) is 5.35. The predicted molar refractivity (Wildman–Crippen MR) is 125 cm³/mol. The number of fused-ring (bicyclic) bond motifs is 1. The molecule has 0 amide bonds. The van der Waals surface area contributed by atoms with E-state index in [1.165, 1.54) is 6.08 Å². The molecule has 0 bridgehead atoms. The molecule has 0 unspecified atom stereocenters. The SMILES string of the molecule is C[C@H](NS(=O)(=O)/C=C/c1c2c(nn1Cc1ccccc1)CCS(=O)(=O)C2)c1ccccc1. The van der Waals surface area contributed by atoms with Crippen LogP contribution >= 0.6 is 0 Å². The van der Waals surface area contributed by atoms with Crippen LogP contribution in [-0.2, 0) is 38.6 Å². The average Bonchev–Trinajstić information content (AvgIpc) is 3.08. The maximum atomic E-state index is 12.7. The van der Waals surface area contributed by atoms with Crippen LogP contribution in [0.5, 0.6) is 0 Å². The molecule has 3 aromatic rings. The fraction of sp³-hybridized carbons (Fsp3) is 0.261. The quantitative estimate of drug-likeness (QED) is 0.571. The molecule has 1 aliphatic heterocycles. The number of hydrogen-bond acceptors (Lipinski definition) is 5. The third-order valence-electron chi connectivity index (χ3n) is 5.41. The van der Waals surface area contributed by atoms with Crippen molar-refractivity contribution >= 4 is 25.9 Å². The largest absolute Gasteiger partial charge is 0.260 e. The van der Waals surface area contributed by atoms with Crippen molar-refractivity contribution in [3.8, 4) is 0 Å². The van der Waals surface area contributed by atoms with E-state index in [2.05, 4.69) is 9.82 Å². The van der Waals surface area contributed by atoms with Crippen LogP contribution in [0.3, 0.4) is 0 Å². The van der Waals surface area contributed by atoms with Crippen LogP contribution in [0.15, 0.2) is 66.1 Å². The van der Waals surface area contributed by atoms with Gasteiger partial charge >= 0.3 is 0 Å². The number of hydrogen-bond donors (Lipinski definition) is 1. The second kappa shape index (κ2) is 9.01. The van der Waals surface area contributed by atoms with Gasteiger partial charge in [-0.15, -0.1) is 0 Å². The normalized spacial score (nSPS) is 16.7. The molecule has 2 heterocycles. The van der Waals surface area contributed by atoms with Crippen LogP contribution in [0.25, 0.3) is 6.08 Å². The molecule has 1 aromatic heterocycles. The molecule has 0 spiro atoms. The van der Waals surface area contributed by atoms with E-state index in [-0.39, 0.29) is 11.5 Å². The molecule has 1 atom stereocenters. The summed E-state index contributed by atoms with van der Waals surface area (Å²) in [6.45, 7) is 2.19. The minimum atomic E-state index is -3.77. The van der Waals surface area contributed by atoms with E-state index in [9.17, 15) is 16.8 Å². The van der Waals surface area contributed by atoms with Crippen LogP contribution in [0.4, 0.5) is 0 Å². The van der Waals surface area contributed by atoms with Gasteiger partial charge in [-0.25, -0.2) is 21.6 Å². The Morgan fingerprint density at radius 1 is 1.09 bits per heavy atom. The van der Waals surface area contributed by atoms with Crippen molar-refractivity contribution in [3.05, 3.63) is 94.1 Å². The predicted octanol–water partition coefficient (Wildman–Crippen LogP) is 3.05. The summed E-state index contributed by atoms with van der Waals surface area (Å²) in [5.74, 6) is -0.0787. The molecule has 2 aromatic carbocycles. The van der Waals surface area contributed by atoms with Gasteiger partial charge in [0.15, 0.2) is 9.84 Å². The second-order valence-electron chi connectivity index (χ2n) is 7.89. The summed E-state index contributed by atoms with van der Waals surface area (Å²) in [6, 6.07) is 18.5. The van der Waals surface area contributed by atoms with Crippen LogP contribution in [0, 0.1) is 0 Å². The monoisotopic (exact) mass is 471 g/mol. The number of sulfonamides is 1. The Labute approximate surface area is 188 Å². The first-order chi connectivity index (χ1) is 15.2. The van der Waals surface area contributed by atoms with E-state index < -0.39 is 25.9 Å². The first-order valence-electron chi connectivity index (χ1n) is 10.3. The highest BCUT2D eigenvalue weighted by Crippen LogP contribution is 2.26. The molecule has 0 radical (unpaired) electrons. The standard InChI is InChI=1S/C23H25N3O4S2/c1-18(20-10-6-3-7-11-20)25-32(29,30)15-13-23-21-17-31(27,28)14-12-22(21)24-26(23)16-19-8-4-2-5-9-19/h2-11,13,15,18,25H,12,14,16-17H2,1H3/b15-13+/t18-/m0/s1. The van der Waals surface area contributed by atoms with Gasteiger partial charge in [0.05, 0.1) is 29.4 Å². The Bertz CT molecular complexity index is 1330. The first-order valence-corrected chi connectivity index (χ1v) is 13.7. The van der Waals surface area contributed by atoms with Crippen LogP contribution < -0.4 is 4.72 Å². The third-order valence-corrected chi connectivity index (χ3v) is 8.14. The van der Waals surface area contributed by atoms with Gasteiger partial charge in [0.2, 0.25) is 10.0 Å². The van der Waals surface area contributed by atoms with Gasteiger partial charge in [0.25, 0.3) is 0 Å². The molecule has 4 rings (SSSR count). The van der Waals surface area contributed by atoms with Crippen molar-refractivity contribution < 1.29 is 16.8 Å².